The average molecular weight is 408 g/mol. The molecule has 9 heteroatoms. The lowest BCUT2D eigenvalue weighted by Gasteiger charge is -2.26. The SMILES string of the molecule is COC(C(=O)Nc1ccc(F)c(S(=O)(=O)N2CCOCC2)c1)c1ccccc1. The summed E-state index contributed by atoms with van der Waals surface area (Å²) in [5, 5.41) is 2.60. The van der Waals surface area contributed by atoms with Crippen molar-refractivity contribution in [3.63, 3.8) is 0 Å². The summed E-state index contributed by atoms with van der Waals surface area (Å²) in [5.74, 6) is -1.37. The van der Waals surface area contributed by atoms with E-state index in [1.54, 1.807) is 24.3 Å². The number of halogens is 1. The third kappa shape index (κ3) is 4.39. The summed E-state index contributed by atoms with van der Waals surface area (Å²) >= 11 is 0. The fraction of sp³-hybridized carbons (Fsp3) is 0.316. The molecule has 1 saturated heterocycles. The van der Waals surface area contributed by atoms with Crippen molar-refractivity contribution < 1.29 is 27.1 Å². The van der Waals surface area contributed by atoms with E-state index >= 15 is 0 Å². The van der Waals surface area contributed by atoms with Gasteiger partial charge in [0.25, 0.3) is 5.91 Å². The molecule has 1 aliphatic rings. The molecule has 28 heavy (non-hydrogen) atoms. The third-order valence-corrected chi connectivity index (χ3v) is 6.28. The van der Waals surface area contributed by atoms with Gasteiger partial charge in [-0.15, -0.1) is 0 Å². The normalized spacial score (nSPS) is 16.5. The second-order valence-corrected chi connectivity index (χ2v) is 8.08. The highest BCUT2D eigenvalue weighted by molar-refractivity contribution is 7.89. The summed E-state index contributed by atoms with van der Waals surface area (Å²) in [6.45, 7) is 0.809. The van der Waals surface area contributed by atoms with E-state index in [1.165, 1.54) is 17.5 Å². The lowest BCUT2D eigenvalue weighted by molar-refractivity contribution is -0.126. The maximum absolute atomic E-state index is 14.3. The first-order chi connectivity index (χ1) is 13.4. The molecule has 0 bridgehead atoms. The van der Waals surface area contributed by atoms with E-state index in [4.69, 9.17) is 9.47 Å². The number of benzene rings is 2. The summed E-state index contributed by atoms with van der Waals surface area (Å²) in [5.41, 5.74) is 0.807. The Morgan fingerprint density at radius 2 is 1.86 bits per heavy atom. The molecule has 0 aromatic heterocycles. The van der Waals surface area contributed by atoms with Gasteiger partial charge in [0, 0.05) is 25.9 Å². The Labute approximate surface area is 163 Å². The van der Waals surface area contributed by atoms with Crippen LogP contribution in [0.2, 0.25) is 0 Å². The van der Waals surface area contributed by atoms with E-state index in [2.05, 4.69) is 5.32 Å². The fourth-order valence-electron chi connectivity index (χ4n) is 2.93. The molecule has 1 amide bonds. The van der Waals surface area contributed by atoms with Crippen molar-refractivity contribution >= 4 is 21.6 Å². The van der Waals surface area contributed by atoms with Crippen molar-refractivity contribution in [3.05, 3.63) is 59.9 Å². The minimum atomic E-state index is -4.03. The van der Waals surface area contributed by atoms with Crippen LogP contribution in [0.5, 0.6) is 0 Å². The highest BCUT2D eigenvalue weighted by atomic mass is 32.2. The van der Waals surface area contributed by atoms with Gasteiger partial charge in [0.15, 0.2) is 6.10 Å². The minimum absolute atomic E-state index is 0.151. The molecule has 0 radical (unpaired) electrons. The number of sulfonamides is 1. The molecule has 7 nitrogen and oxygen atoms in total. The summed E-state index contributed by atoms with van der Waals surface area (Å²) in [7, 11) is -2.63. The van der Waals surface area contributed by atoms with Gasteiger partial charge in [-0.3, -0.25) is 4.79 Å². The molecule has 0 spiro atoms. The van der Waals surface area contributed by atoms with Gasteiger partial charge < -0.3 is 14.8 Å². The highest BCUT2D eigenvalue weighted by Crippen LogP contribution is 2.25. The lowest BCUT2D eigenvalue weighted by atomic mass is 10.1. The van der Waals surface area contributed by atoms with E-state index in [0.29, 0.717) is 5.56 Å². The van der Waals surface area contributed by atoms with Crippen LogP contribution in [-0.4, -0.2) is 52.0 Å². The average Bonchev–Trinajstić information content (AvgIpc) is 2.71. The Kier molecular flexibility index (Phi) is 6.40. The van der Waals surface area contributed by atoms with Crippen molar-refractivity contribution in [2.75, 3.05) is 38.7 Å². The zero-order chi connectivity index (χ0) is 20.1. The van der Waals surface area contributed by atoms with E-state index in [-0.39, 0.29) is 32.0 Å². The molecule has 1 fully saturated rings. The number of hydrogen-bond donors (Lipinski definition) is 1. The van der Waals surface area contributed by atoms with E-state index in [0.717, 1.165) is 12.1 Å². The lowest BCUT2D eigenvalue weighted by Crippen LogP contribution is -2.40. The molecule has 1 aliphatic heterocycles. The first-order valence-corrected chi connectivity index (χ1v) is 10.1. The standard InChI is InChI=1S/C19H21FN2O5S/c1-26-18(14-5-3-2-4-6-14)19(23)21-15-7-8-16(20)17(13-15)28(24,25)22-9-11-27-12-10-22/h2-8,13,18H,9-12H2,1H3,(H,21,23). The molecule has 1 unspecified atom stereocenters. The van der Waals surface area contributed by atoms with Gasteiger partial charge in [0.2, 0.25) is 10.0 Å². The first kappa shape index (κ1) is 20.4. The van der Waals surface area contributed by atoms with Gasteiger partial charge in [-0.25, -0.2) is 12.8 Å². The van der Waals surface area contributed by atoms with Crippen molar-refractivity contribution in [1.82, 2.24) is 4.31 Å². The number of amides is 1. The van der Waals surface area contributed by atoms with Gasteiger partial charge in [0.1, 0.15) is 10.7 Å². The Hall–Kier alpha value is -2.33. The van der Waals surface area contributed by atoms with Gasteiger partial charge in [-0.2, -0.15) is 4.31 Å². The van der Waals surface area contributed by atoms with Crippen molar-refractivity contribution in [1.29, 1.82) is 0 Å². The number of anilines is 1. The molecule has 2 aromatic rings. The van der Waals surface area contributed by atoms with Crippen LogP contribution < -0.4 is 5.32 Å². The van der Waals surface area contributed by atoms with Crippen LogP contribution in [0, 0.1) is 5.82 Å². The highest BCUT2D eigenvalue weighted by Gasteiger charge is 2.29. The summed E-state index contributed by atoms with van der Waals surface area (Å²) in [4.78, 5) is 12.1. The van der Waals surface area contributed by atoms with Gasteiger partial charge in [-0.05, 0) is 23.8 Å². The smallest absolute Gasteiger partial charge is 0.258 e. The maximum Gasteiger partial charge on any atom is 0.258 e. The van der Waals surface area contributed by atoms with Crippen LogP contribution in [0.4, 0.5) is 10.1 Å². The molecular weight excluding hydrogens is 387 g/mol. The second kappa shape index (κ2) is 8.78. The Balaban J connectivity index is 1.84. The number of methoxy groups -OCH3 is 1. The zero-order valence-corrected chi connectivity index (χ0v) is 16.1. The molecule has 0 saturated carbocycles. The van der Waals surface area contributed by atoms with E-state index in [9.17, 15) is 17.6 Å². The van der Waals surface area contributed by atoms with Gasteiger partial charge in [0.05, 0.1) is 13.2 Å². The molecule has 1 atom stereocenters. The molecule has 1 heterocycles. The minimum Gasteiger partial charge on any atom is -0.379 e. The van der Waals surface area contributed by atoms with Crippen LogP contribution >= 0.6 is 0 Å². The van der Waals surface area contributed by atoms with Gasteiger partial charge in [-0.1, -0.05) is 30.3 Å². The second-order valence-electron chi connectivity index (χ2n) is 6.18. The Morgan fingerprint density at radius 3 is 2.50 bits per heavy atom. The Bertz CT molecular complexity index is 931. The summed E-state index contributed by atoms with van der Waals surface area (Å²) in [6, 6.07) is 12.3. The van der Waals surface area contributed by atoms with E-state index in [1.807, 2.05) is 6.07 Å². The van der Waals surface area contributed by atoms with Crippen LogP contribution in [0.1, 0.15) is 11.7 Å². The number of carbonyl (C=O) groups excluding carboxylic acids is 1. The molecule has 1 N–H and O–H groups in total. The predicted molar refractivity (Wildman–Crippen MR) is 101 cm³/mol. The number of ether oxygens (including phenoxy) is 2. The predicted octanol–water partition coefficient (Wildman–Crippen LogP) is 2.17. The van der Waals surface area contributed by atoms with Gasteiger partial charge >= 0.3 is 0 Å². The van der Waals surface area contributed by atoms with Crippen LogP contribution in [-0.2, 0) is 24.3 Å². The first-order valence-electron chi connectivity index (χ1n) is 8.69. The van der Waals surface area contributed by atoms with E-state index < -0.39 is 32.7 Å². The topological polar surface area (TPSA) is 84.9 Å². The fourth-order valence-corrected chi connectivity index (χ4v) is 4.43. The number of rotatable bonds is 6. The summed E-state index contributed by atoms with van der Waals surface area (Å²) < 4.78 is 51.4. The number of hydrogen-bond acceptors (Lipinski definition) is 5. The third-order valence-electron chi connectivity index (χ3n) is 4.36. The molecular formula is C19H21FN2O5S. The van der Waals surface area contributed by atoms with Crippen molar-refractivity contribution in [3.8, 4) is 0 Å². The summed E-state index contributed by atoms with van der Waals surface area (Å²) in [6.07, 6.45) is -0.884. The van der Waals surface area contributed by atoms with Crippen molar-refractivity contribution in [2.24, 2.45) is 0 Å². The zero-order valence-electron chi connectivity index (χ0n) is 15.3. The number of nitrogens with one attached hydrogen (secondary N) is 1. The van der Waals surface area contributed by atoms with Crippen LogP contribution in [0.15, 0.2) is 53.4 Å². The quantitative estimate of drug-likeness (QED) is 0.792. The molecule has 0 aliphatic carbocycles. The monoisotopic (exact) mass is 408 g/mol. The number of carbonyl (C=O) groups is 1. The number of morpholine rings is 1. The van der Waals surface area contributed by atoms with Crippen LogP contribution in [0.3, 0.4) is 0 Å². The Morgan fingerprint density at radius 1 is 1.18 bits per heavy atom. The molecule has 3 rings (SSSR count). The van der Waals surface area contributed by atoms with Crippen molar-refractivity contribution in [2.45, 2.75) is 11.0 Å². The van der Waals surface area contributed by atoms with Crippen LogP contribution in [0.25, 0.3) is 0 Å². The molecule has 150 valence electrons. The maximum atomic E-state index is 14.3. The molecule has 2 aromatic carbocycles. The largest absolute Gasteiger partial charge is 0.379 e. The number of nitrogens with zero attached hydrogens (tertiary/aromatic N) is 1.